The maximum absolute atomic E-state index is 12.2. The lowest BCUT2D eigenvalue weighted by Gasteiger charge is -2.29. The summed E-state index contributed by atoms with van der Waals surface area (Å²) in [5, 5.41) is 10.7. The van der Waals surface area contributed by atoms with E-state index >= 15 is 0 Å². The summed E-state index contributed by atoms with van der Waals surface area (Å²) in [5.41, 5.74) is -1.20. The fourth-order valence-corrected chi connectivity index (χ4v) is 4.59. The van der Waals surface area contributed by atoms with Gasteiger partial charge in [0.15, 0.2) is 0 Å². The molecule has 0 bridgehead atoms. The molecule has 0 aromatic carbocycles. The van der Waals surface area contributed by atoms with Crippen LogP contribution in [0, 0.1) is 23.2 Å². The minimum atomic E-state index is -0.825. The van der Waals surface area contributed by atoms with Crippen LogP contribution in [0.1, 0.15) is 32.6 Å². The summed E-state index contributed by atoms with van der Waals surface area (Å²) >= 11 is 0. The van der Waals surface area contributed by atoms with Crippen LogP contribution in [0.5, 0.6) is 0 Å². The highest BCUT2D eigenvalue weighted by Gasteiger charge is 2.80. The van der Waals surface area contributed by atoms with E-state index < -0.39 is 5.60 Å². The normalized spacial score (nSPS) is 50.6. The minimum absolute atomic E-state index is 0.0573. The van der Waals surface area contributed by atoms with E-state index in [-0.39, 0.29) is 23.2 Å². The molecule has 0 amide bonds. The van der Waals surface area contributed by atoms with E-state index in [0.717, 1.165) is 25.7 Å². The van der Waals surface area contributed by atoms with Gasteiger partial charge in [-0.1, -0.05) is 12.5 Å². The first-order valence-electron chi connectivity index (χ1n) is 6.64. The zero-order chi connectivity index (χ0) is 12.3. The number of ether oxygens (including phenoxy) is 1. The molecule has 0 radical (unpaired) electrons. The van der Waals surface area contributed by atoms with E-state index in [0.29, 0.717) is 12.5 Å². The van der Waals surface area contributed by atoms with E-state index in [1.165, 1.54) is 0 Å². The lowest BCUT2D eigenvalue weighted by atomic mass is 9.80. The van der Waals surface area contributed by atoms with Crippen molar-refractivity contribution in [3.05, 3.63) is 12.7 Å². The topological polar surface area (TPSA) is 46.5 Å². The molecule has 1 N–H and O–H groups in total. The van der Waals surface area contributed by atoms with E-state index in [1.54, 1.807) is 6.08 Å². The van der Waals surface area contributed by atoms with Gasteiger partial charge in [-0.15, -0.1) is 6.58 Å². The van der Waals surface area contributed by atoms with Gasteiger partial charge in [0.25, 0.3) is 0 Å². The zero-order valence-corrected chi connectivity index (χ0v) is 10.3. The summed E-state index contributed by atoms with van der Waals surface area (Å²) in [6, 6.07) is 0. The molecule has 0 aromatic heterocycles. The molecular formula is C14H20O3. The fourth-order valence-electron chi connectivity index (χ4n) is 4.59. The number of aliphatic hydroxyl groups is 1. The van der Waals surface area contributed by atoms with E-state index in [1.807, 2.05) is 6.92 Å². The Morgan fingerprint density at radius 1 is 1.53 bits per heavy atom. The van der Waals surface area contributed by atoms with Crippen LogP contribution in [0.2, 0.25) is 0 Å². The molecule has 3 saturated carbocycles. The number of rotatable bonds is 3. The van der Waals surface area contributed by atoms with E-state index in [9.17, 15) is 9.90 Å². The van der Waals surface area contributed by atoms with Gasteiger partial charge in [-0.25, -0.2) is 0 Å². The molecular weight excluding hydrogens is 216 g/mol. The molecule has 0 spiro atoms. The summed E-state index contributed by atoms with van der Waals surface area (Å²) in [4.78, 5) is 12.2. The molecule has 3 fully saturated rings. The molecule has 0 aliphatic heterocycles. The van der Waals surface area contributed by atoms with Crippen molar-refractivity contribution < 1.29 is 14.6 Å². The monoisotopic (exact) mass is 236 g/mol. The molecule has 0 saturated heterocycles. The standard InChI is InChI=1S/C14H20O3/c1-3-14(16)10-7-5-6-9(10)13(8-11(13)14)12(15)17-4-2/h3,9-11,16H,1,4-8H2,2H3/t9-,10+,11-,13+,14+/m1/s1. The van der Waals surface area contributed by atoms with Crippen LogP contribution < -0.4 is 0 Å². The number of fused-ring (bicyclic) bond motifs is 3. The Kier molecular flexibility index (Phi) is 2.22. The Morgan fingerprint density at radius 2 is 2.24 bits per heavy atom. The average molecular weight is 236 g/mol. The zero-order valence-electron chi connectivity index (χ0n) is 10.3. The lowest BCUT2D eigenvalue weighted by Crippen LogP contribution is -2.35. The Bertz CT molecular complexity index is 378. The van der Waals surface area contributed by atoms with Gasteiger partial charge in [-0.3, -0.25) is 4.79 Å². The maximum Gasteiger partial charge on any atom is 0.312 e. The first-order chi connectivity index (χ1) is 8.11. The molecule has 17 heavy (non-hydrogen) atoms. The minimum Gasteiger partial charge on any atom is -0.466 e. The summed E-state index contributed by atoms with van der Waals surface area (Å²) in [7, 11) is 0. The largest absolute Gasteiger partial charge is 0.466 e. The first-order valence-corrected chi connectivity index (χ1v) is 6.64. The summed E-state index contributed by atoms with van der Waals surface area (Å²) in [6.45, 7) is 6.05. The molecule has 3 aliphatic rings. The number of hydrogen-bond acceptors (Lipinski definition) is 3. The molecule has 0 unspecified atom stereocenters. The lowest BCUT2D eigenvalue weighted by molar-refractivity contribution is -0.152. The number of esters is 1. The van der Waals surface area contributed by atoms with Crippen molar-refractivity contribution in [3.63, 3.8) is 0 Å². The molecule has 3 nitrogen and oxygen atoms in total. The second-order valence-corrected chi connectivity index (χ2v) is 5.75. The third-order valence-corrected chi connectivity index (χ3v) is 5.32. The Balaban J connectivity index is 1.95. The average Bonchev–Trinajstić information content (AvgIpc) is 2.81. The number of carbonyl (C=O) groups is 1. The smallest absolute Gasteiger partial charge is 0.312 e. The summed E-state index contributed by atoms with van der Waals surface area (Å²) < 4.78 is 5.23. The molecule has 94 valence electrons. The number of hydrogen-bond donors (Lipinski definition) is 1. The van der Waals surface area contributed by atoms with Crippen molar-refractivity contribution in [1.82, 2.24) is 0 Å². The van der Waals surface area contributed by atoms with Gasteiger partial charge in [0.2, 0.25) is 0 Å². The Hall–Kier alpha value is -0.830. The summed E-state index contributed by atoms with van der Waals surface area (Å²) in [5.74, 6) is 0.513. The highest BCUT2D eigenvalue weighted by Crippen LogP contribution is 2.76. The highest BCUT2D eigenvalue weighted by molar-refractivity contribution is 5.83. The first kappa shape index (κ1) is 11.3. The second-order valence-electron chi connectivity index (χ2n) is 5.75. The third-order valence-electron chi connectivity index (χ3n) is 5.32. The van der Waals surface area contributed by atoms with Crippen LogP contribution in [0.4, 0.5) is 0 Å². The summed E-state index contributed by atoms with van der Waals surface area (Å²) in [6.07, 6.45) is 5.64. The van der Waals surface area contributed by atoms with Gasteiger partial charge in [0.05, 0.1) is 17.6 Å². The van der Waals surface area contributed by atoms with Crippen LogP contribution >= 0.6 is 0 Å². The van der Waals surface area contributed by atoms with Crippen LogP contribution in [0.15, 0.2) is 12.7 Å². The van der Waals surface area contributed by atoms with Gasteiger partial charge in [-0.2, -0.15) is 0 Å². The van der Waals surface area contributed by atoms with Crippen molar-refractivity contribution in [2.45, 2.75) is 38.2 Å². The SMILES string of the molecule is C=C[C@]1(O)[C@H]2CCC[C@H]2[C@@]2(C(=O)OCC)C[C@@H]12. The predicted molar refractivity (Wildman–Crippen MR) is 63.2 cm³/mol. The molecule has 3 aliphatic carbocycles. The van der Waals surface area contributed by atoms with Gasteiger partial charge in [-0.05, 0) is 38.0 Å². The fraction of sp³-hybridized carbons (Fsp3) is 0.786. The van der Waals surface area contributed by atoms with Crippen molar-refractivity contribution >= 4 is 5.97 Å². The van der Waals surface area contributed by atoms with Crippen LogP contribution in [0.25, 0.3) is 0 Å². The van der Waals surface area contributed by atoms with Crippen LogP contribution in [0.3, 0.4) is 0 Å². The van der Waals surface area contributed by atoms with Crippen molar-refractivity contribution in [2.24, 2.45) is 23.2 Å². The van der Waals surface area contributed by atoms with Gasteiger partial charge in [0, 0.05) is 5.92 Å². The highest BCUT2D eigenvalue weighted by atomic mass is 16.5. The molecule has 0 aromatic rings. The van der Waals surface area contributed by atoms with Gasteiger partial charge < -0.3 is 9.84 Å². The molecule has 3 rings (SSSR count). The van der Waals surface area contributed by atoms with Crippen LogP contribution in [-0.4, -0.2) is 23.3 Å². The number of carbonyl (C=O) groups excluding carboxylic acids is 1. The molecule has 3 heteroatoms. The van der Waals surface area contributed by atoms with Crippen LogP contribution in [-0.2, 0) is 9.53 Å². The van der Waals surface area contributed by atoms with Crippen molar-refractivity contribution in [2.75, 3.05) is 6.61 Å². The van der Waals surface area contributed by atoms with E-state index in [4.69, 9.17) is 4.74 Å². The quantitative estimate of drug-likeness (QED) is 0.601. The van der Waals surface area contributed by atoms with Gasteiger partial charge in [0.1, 0.15) is 0 Å². The van der Waals surface area contributed by atoms with Gasteiger partial charge >= 0.3 is 5.97 Å². The second kappa shape index (κ2) is 3.35. The molecule has 0 heterocycles. The van der Waals surface area contributed by atoms with E-state index in [2.05, 4.69) is 6.58 Å². The van der Waals surface area contributed by atoms with Crippen molar-refractivity contribution in [1.29, 1.82) is 0 Å². The Labute approximate surface area is 102 Å². The Morgan fingerprint density at radius 3 is 2.88 bits per heavy atom. The van der Waals surface area contributed by atoms with Crippen molar-refractivity contribution in [3.8, 4) is 0 Å². The molecule has 5 atom stereocenters. The predicted octanol–water partition coefficient (Wildman–Crippen LogP) is 1.90. The third kappa shape index (κ3) is 1.13. The maximum atomic E-state index is 12.2.